The molecule has 0 aromatic heterocycles. The Hall–Kier alpha value is -1.72. The molecule has 1 aliphatic carbocycles. The summed E-state index contributed by atoms with van der Waals surface area (Å²) in [4.78, 5) is 31.7. The molecule has 2 saturated heterocycles. The van der Waals surface area contributed by atoms with Crippen LogP contribution in [0.5, 0.6) is 0 Å². The molecule has 5 nitrogen and oxygen atoms in total. The number of nitrogens with zero attached hydrogens (tertiary/aromatic N) is 2. The van der Waals surface area contributed by atoms with Gasteiger partial charge in [0.2, 0.25) is 5.91 Å². The van der Waals surface area contributed by atoms with Gasteiger partial charge < -0.3 is 15.1 Å². The van der Waals surface area contributed by atoms with E-state index in [1.165, 1.54) is 24.8 Å². The van der Waals surface area contributed by atoms with Crippen molar-refractivity contribution in [2.45, 2.75) is 76.8 Å². The number of carbonyl (C=O) groups excluding carboxylic acids is 2. The van der Waals surface area contributed by atoms with Crippen molar-refractivity contribution in [2.75, 3.05) is 33.2 Å². The SMILES string of the molecule is CC[C@H](NC)C(=O)C[C@H](C(=O)N1CC[C@@H]2CN(CCc3ccccc3)C[C@@H]21)C1CCCCC1. The average molecular weight is 454 g/mol. The zero-order valence-electron chi connectivity index (χ0n) is 20.7. The summed E-state index contributed by atoms with van der Waals surface area (Å²) in [6, 6.07) is 10.9. The summed E-state index contributed by atoms with van der Waals surface area (Å²) in [5.74, 6) is 1.33. The maximum absolute atomic E-state index is 13.9. The molecule has 1 N–H and O–H groups in total. The first-order valence-electron chi connectivity index (χ1n) is 13.4. The second-order valence-corrected chi connectivity index (χ2v) is 10.6. The van der Waals surface area contributed by atoms with Crippen LogP contribution in [-0.2, 0) is 16.0 Å². The molecular formula is C28H43N3O2. The van der Waals surface area contributed by atoms with E-state index in [9.17, 15) is 9.59 Å². The van der Waals surface area contributed by atoms with Crippen LogP contribution in [0.2, 0.25) is 0 Å². The number of hydrogen-bond donors (Lipinski definition) is 1. The lowest BCUT2D eigenvalue weighted by Crippen LogP contribution is -2.46. The van der Waals surface area contributed by atoms with Crippen LogP contribution in [0.3, 0.4) is 0 Å². The van der Waals surface area contributed by atoms with Gasteiger partial charge in [0.25, 0.3) is 0 Å². The quantitative estimate of drug-likeness (QED) is 0.584. The fraction of sp³-hybridized carbons (Fsp3) is 0.714. The Morgan fingerprint density at radius 1 is 1.06 bits per heavy atom. The van der Waals surface area contributed by atoms with E-state index in [1.54, 1.807) is 0 Å². The van der Waals surface area contributed by atoms with Crippen LogP contribution in [0.1, 0.15) is 63.9 Å². The Kier molecular flexibility index (Phi) is 8.59. The van der Waals surface area contributed by atoms with E-state index in [2.05, 4.69) is 45.4 Å². The molecule has 1 saturated carbocycles. The Morgan fingerprint density at radius 3 is 2.52 bits per heavy atom. The standard InChI is InChI=1S/C28H43N3O2/c1-3-25(29-2)27(32)18-24(22-12-8-5-9-13-22)28(33)31-17-15-23-19-30(20-26(23)31)16-14-21-10-6-4-7-11-21/h4,6-7,10-11,22-26,29H,3,5,8-9,12-20H2,1-2H3/t23-,24+,25+,26+/m1/s1. The van der Waals surface area contributed by atoms with E-state index in [0.717, 1.165) is 58.3 Å². The van der Waals surface area contributed by atoms with Gasteiger partial charge in [-0.3, -0.25) is 9.59 Å². The summed E-state index contributed by atoms with van der Waals surface area (Å²) in [7, 11) is 1.86. The molecule has 3 aliphatic rings. The zero-order chi connectivity index (χ0) is 23.2. The highest BCUT2D eigenvalue weighted by Gasteiger charge is 2.46. The lowest BCUT2D eigenvalue weighted by Gasteiger charge is -2.35. The summed E-state index contributed by atoms with van der Waals surface area (Å²) in [6.07, 6.45) is 9.24. The fourth-order valence-electron chi connectivity index (χ4n) is 6.59. The number of amides is 1. The van der Waals surface area contributed by atoms with Crippen LogP contribution >= 0.6 is 0 Å². The molecule has 4 rings (SSSR count). The molecule has 182 valence electrons. The van der Waals surface area contributed by atoms with Gasteiger partial charge in [-0.2, -0.15) is 0 Å². The first-order valence-corrected chi connectivity index (χ1v) is 13.4. The van der Waals surface area contributed by atoms with Crippen molar-refractivity contribution >= 4 is 11.7 Å². The van der Waals surface area contributed by atoms with E-state index >= 15 is 0 Å². The minimum absolute atomic E-state index is 0.127. The number of fused-ring (bicyclic) bond motifs is 1. The van der Waals surface area contributed by atoms with E-state index in [4.69, 9.17) is 0 Å². The maximum atomic E-state index is 13.9. The topological polar surface area (TPSA) is 52.7 Å². The van der Waals surface area contributed by atoms with Gasteiger partial charge in [0.1, 0.15) is 0 Å². The molecule has 2 aliphatic heterocycles. The third kappa shape index (κ3) is 5.86. The predicted octanol–water partition coefficient (Wildman–Crippen LogP) is 3.92. The average Bonchev–Trinajstić information content (AvgIpc) is 3.43. The molecule has 5 heteroatoms. The Labute approximate surface area is 200 Å². The van der Waals surface area contributed by atoms with Gasteiger partial charge in [-0.1, -0.05) is 56.5 Å². The van der Waals surface area contributed by atoms with Gasteiger partial charge in [-0.25, -0.2) is 0 Å². The van der Waals surface area contributed by atoms with Crippen molar-refractivity contribution < 1.29 is 9.59 Å². The molecule has 0 radical (unpaired) electrons. The molecule has 4 atom stereocenters. The number of Topliss-reactive ketones (excluding diaryl/α,β-unsaturated/α-hetero) is 1. The summed E-state index contributed by atoms with van der Waals surface area (Å²) in [5, 5.41) is 3.16. The van der Waals surface area contributed by atoms with E-state index < -0.39 is 0 Å². The number of likely N-dealkylation sites (tertiary alicyclic amines) is 2. The Balaban J connectivity index is 1.40. The highest BCUT2D eigenvalue weighted by Crippen LogP contribution is 2.38. The molecule has 0 bridgehead atoms. The molecule has 2 heterocycles. The molecule has 1 aromatic carbocycles. The molecule has 0 unspecified atom stereocenters. The molecular weight excluding hydrogens is 410 g/mol. The highest BCUT2D eigenvalue weighted by molar-refractivity contribution is 5.90. The number of hydrogen-bond acceptors (Lipinski definition) is 4. The molecule has 1 aromatic rings. The largest absolute Gasteiger partial charge is 0.338 e. The summed E-state index contributed by atoms with van der Waals surface area (Å²) in [5.41, 5.74) is 1.38. The minimum atomic E-state index is -0.129. The van der Waals surface area contributed by atoms with E-state index in [-0.39, 0.29) is 23.7 Å². The van der Waals surface area contributed by atoms with Gasteiger partial charge in [0.05, 0.1) is 6.04 Å². The van der Waals surface area contributed by atoms with Gasteiger partial charge in [-0.15, -0.1) is 0 Å². The number of ketones is 1. The third-order valence-corrected chi connectivity index (χ3v) is 8.57. The van der Waals surface area contributed by atoms with Crippen LogP contribution in [-0.4, -0.2) is 66.8 Å². The van der Waals surface area contributed by atoms with Crippen molar-refractivity contribution in [2.24, 2.45) is 17.8 Å². The number of carbonyl (C=O) groups is 2. The number of likely N-dealkylation sites (N-methyl/N-ethyl adjacent to an activating group) is 1. The summed E-state index contributed by atoms with van der Waals surface area (Å²) < 4.78 is 0. The van der Waals surface area contributed by atoms with Crippen LogP contribution in [0.15, 0.2) is 30.3 Å². The van der Waals surface area contributed by atoms with Gasteiger partial charge in [-0.05, 0) is 56.6 Å². The minimum Gasteiger partial charge on any atom is -0.338 e. The smallest absolute Gasteiger partial charge is 0.226 e. The van der Waals surface area contributed by atoms with Gasteiger partial charge >= 0.3 is 0 Å². The second kappa shape index (κ2) is 11.6. The van der Waals surface area contributed by atoms with Crippen molar-refractivity contribution in [1.82, 2.24) is 15.1 Å². The van der Waals surface area contributed by atoms with Crippen molar-refractivity contribution in [3.63, 3.8) is 0 Å². The first-order chi connectivity index (χ1) is 16.1. The summed E-state index contributed by atoms with van der Waals surface area (Å²) >= 11 is 0. The number of benzene rings is 1. The Bertz CT molecular complexity index is 773. The van der Waals surface area contributed by atoms with E-state index in [1.807, 2.05) is 14.0 Å². The number of rotatable bonds is 10. The molecule has 3 fully saturated rings. The van der Waals surface area contributed by atoms with Crippen molar-refractivity contribution in [3.05, 3.63) is 35.9 Å². The van der Waals surface area contributed by atoms with Crippen molar-refractivity contribution in [1.29, 1.82) is 0 Å². The van der Waals surface area contributed by atoms with Crippen LogP contribution in [0.25, 0.3) is 0 Å². The lowest BCUT2D eigenvalue weighted by molar-refractivity contribution is -0.141. The zero-order valence-corrected chi connectivity index (χ0v) is 20.7. The maximum Gasteiger partial charge on any atom is 0.226 e. The Morgan fingerprint density at radius 2 is 1.82 bits per heavy atom. The molecule has 33 heavy (non-hydrogen) atoms. The second-order valence-electron chi connectivity index (χ2n) is 10.6. The fourth-order valence-corrected chi connectivity index (χ4v) is 6.59. The normalized spacial score (nSPS) is 25.7. The molecule has 0 spiro atoms. The highest BCUT2D eigenvalue weighted by atomic mass is 16.2. The first kappa shape index (κ1) is 24.4. The molecule has 1 amide bonds. The van der Waals surface area contributed by atoms with Crippen LogP contribution in [0.4, 0.5) is 0 Å². The van der Waals surface area contributed by atoms with Gasteiger partial charge in [0, 0.05) is 44.6 Å². The summed E-state index contributed by atoms with van der Waals surface area (Å²) in [6.45, 7) is 6.07. The monoisotopic (exact) mass is 453 g/mol. The van der Waals surface area contributed by atoms with Crippen molar-refractivity contribution in [3.8, 4) is 0 Å². The third-order valence-electron chi connectivity index (χ3n) is 8.57. The number of nitrogens with one attached hydrogen (secondary N) is 1. The van der Waals surface area contributed by atoms with E-state index in [0.29, 0.717) is 24.3 Å². The van der Waals surface area contributed by atoms with Gasteiger partial charge in [0.15, 0.2) is 5.78 Å². The predicted molar refractivity (Wildman–Crippen MR) is 133 cm³/mol. The van der Waals surface area contributed by atoms with Crippen LogP contribution in [0, 0.1) is 17.8 Å². The van der Waals surface area contributed by atoms with Crippen LogP contribution < -0.4 is 5.32 Å². The lowest BCUT2D eigenvalue weighted by atomic mass is 9.76.